The molecular weight excluding hydrogens is 454 g/mol. The Morgan fingerprint density at radius 1 is 1.11 bits per heavy atom. The lowest BCUT2D eigenvalue weighted by molar-refractivity contribution is -0.116. The first kappa shape index (κ1) is 21.7. The van der Waals surface area contributed by atoms with Gasteiger partial charge in [-0.1, -0.05) is 13.3 Å². The van der Waals surface area contributed by atoms with Gasteiger partial charge >= 0.3 is 0 Å². The number of aromatic nitrogens is 6. The topological polar surface area (TPSA) is 125 Å². The van der Waals surface area contributed by atoms with Crippen molar-refractivity contribution in [2.75, 3.05) is 5.32 Å². The fraction of sp³-hybridized carbons (Fsp3) is 0.148. The predicted molar refractivity (Wildman–Crippen MR) is 138 cm³/mol. The van der Waals surface area contributed by atoms with Gasteiger partial charge in [-0.25, -0.2) is 9.97 Å². The van der Waals surface area contributed by atoms with E-state index in [1.165, 1.54) is 0 Å². The highest BCUT2D eigenvalue weighted by atomic mass is 16.3. The Bertz CT molecular complexity index is 1680. The van der Waals surface area contributed by atoms with Crippen LogP contribution >= 0.6 is 0 Å². The number of rotatable bonds is 7. The van der Waals surface area contributed by atoms with Crippen molar-refractivity contribution in [2.45, 2.75) is 26.2 Å². The number of hydrogen-bond donors (Lipinski definition) is 3. The first-order valence-corrected chi connectivity index (χ1v) is 11.8. The number of hydrogen-bond acceptors (Lipinski definition) is 6. The number of aromatic amines is 2. The zero-order valence-electron chi connectivity index (χ0n) is 19.6. The van der Waals surface area contributed by atoms with Crippen LogP contribution in [0.2, 0.25) is 0 Å². The summed E-state index contributed by atoms with van der Waals surface area (Å²) in [5.74, 6) is -0.0152. The lowest BCUT2D eigenvalue weighted by Gasteiger charge is -2.07. The Morgan fingerprint density at radius 3 is 2.92 bits per heavy atom. The monoisotopic (exact) mass is 477 g/mol. The molecule has 0 aliphatic carbocycles. The van der Waals surface area contributed by atoms with Gasteiger partial charge in [-0.15, -0.1) is 0 Å². The summed E-state index contributed by atoms with van der Waals surface area (Å²) in [6.07, 6.45) is 10.8. The van der Waals surface area contributed by atoms with Crippen molar-refractivity contribution in [3.05, 3.63) is 67.5 Å². The van der Waals surface area contributed by atoms with E-state index in [1.54, 1.807) is 31.1 Å². The molecule has 6 heterocycles. The highest BCUT2D eigenvalue weighted by Gasteiger charge is 2.16. The number of unbranched alkanes of at least 4 members (excludes halogenated alkanes) is 1. The Balaban J connectivity index is 1.37. The Labute approximate surface area is 206 Å². The molecule has 0 aromatic carbocycles. The van der Waals surface area contributed by atoms with E-state index in [-0.39, 0.29) is 5.91 Å². The average Bonchev–Trinajstić information content (AvgIpc) is 3.66. The molecule has 6 aromatic rings. The summed E-state index contributed by atoms with van der Waals surface area (Å²) in [4.78, 5) is 29.2. The third kappa shape index (κ3) is 4.00. The van der Waals surface area contributed by atoms with Gasteiger partial charge in [-0.05, 0) is 48.4 Å². The van der Waals surface area contributed by atoms with Crippen molar-refractivity contribution in [3.8, 4) is 33.8 Å². The van der Waals surface area contributed by atoms with Crippen molar-refractivity contribution < 1.29 is 9.21 Å². The quantitative estimate of drug-likeness (QED) is 0.261. The van der Waals surface area contributed by atoms with E-state index in [1.807, 2.05) is 36.4 Å². The molecule has 9 nitrogen and oxygen atoms in total. The van der Waals surface area contributed by atoms with Crippen LogP contribution in [0.15, 0.2) is 71.9 Å². The predicted octanol–water partition coefficient (Wildman–Crippen LogP) is 5.95. The molecule has 36 heavy (non-hydrogen) atoms. The number of anilines is 1. The molecule has 0 radical (unpaired) electrons. The molecule has 0 unspecified atom stereocenters. The number of carbonyl (C=O) groups excluding carboxylic acids is 1. The van der Waals surface area contributed by atoms with Crippen molar-refractivity contribution in [3.63, 3.8) is 0 Å². The molecule has 0 saturated heterocycles. The molecule has 1 amide bonds. The van der Waals surface area contributed by atoms with Crippen LogP contribution in [0.4, 0.5) is 5.69 Å². The van der Waals surface area contributed by atoms with Crippen molar-refractivity contribution in [2.24, 2.45) is 0 Å². The lowest BCUT2D eigenvalue weighted by Crippen LogP contribution is -2.11. The van der Waals surface area contributed by atoms with Gasteiger partial charge in [0.05, 0.1) is 41.3 Å². The number of fused-ring (bicyclic) bond motifs is 2. The van der Waals surface area contributed by atoms with E-state index in [9.17, 15) is 4.79 Å². The fourth-order valence-corrected chi connectivity index (χ4v) is 4.28. The van der Waals surface area contributed by atoms with E-state index in [0.717, 1.165) is 63.0 Å². The van der Waals surface area contributed by atoms with E-state index in [0.29, 0.717) is 17.8 Å². The number of amides is 1. The zero-order chi connectivity index (χ0) is 24.5. The summed E-state index contributed by atoms with van der Waals surface area (Å²) in [5, 5.41) is 11.5. The molecule has 0 fully saturated rings. The Kier molecular flexibility index (Phi) is 5.49. The second-order valence-electron chi connectivity index (χ2n) is 8.59. The maximum atomic E-state index is 12.2. The summed E-state index contributed by atoms with van der Waals surface area (Å²) in [6, 6.07) is 11.7. The van der Waals surface area contributed by atoms with E-state index in [2.05, 4.69) is 37.4 Å². The van der Waals surface area contributed by atoms with Gasteiger partial charge in [-0.2, -0.15) is 5.10 Å². The van der Waals surface area contributed by atoms with Gasteiger partial charge in [0.15, 0.2) is 0 Å². The zero-order valence-corrected chi connectivity index (χ0v) is 19.6. The first-order chi connectivity index (χ1) is 17.7. The van der Waals surface area contributed by atoms with Crippen LogP contribution in [0.25, 0.3) is 55.8 Å². The molecule has 0 saturated carbocycles. The fourth-order valence-electron chi connectivity index (χ4n) is 4.28. The van der Waals surface area contributed by atoms with Crippen LogP contribution in [0.5, 0.6) is 0 Å². The molecule has 0 aliphatic rings. The SMILES string of the molecule is CCCCC(=O)Nc1cncc(-c2ccc3[nH]nc(-c4cc5c(-c6ccoc6)ccnc5[nH]4)c3n2)c1. The number of carbonyl (C=O) groups is 1. The molecule has 3 N–H and O–H groups in total. The highest BCUT2D eigenvalue weighted by Crippen LogP contribution is 2.33. The van der Waals surface area contributed by atoms with Gasteiger partial charge in [0, 0.05) is 35.3 Å². The van der Waals surface area contributed by atoms with Crippen molar-refractivity contribution >= 4 is 33.7 Å². The maximum Gasteiger partial charge on any atom is 0.224 e. The third-order valence-electron chi connectivity index (χ3n) is 6.10. The van der Waals surface area contributed by atoms with Crippen LogP contribution < -0.4 is 5.32 Å². The summed E-state index contributed by atoms with van der Waals surface area (Å²) in [5.41, 5.74) is 7.98. The van der Waals surface area contributed by atoms with Gasteiger partial charge in [0.2, 0.25) is 5.91 Å². The first-order valence-electron chi connectivity index (χ1n) is 11.8. The normalized spacial score (nSPS) is 11.4. The van der Waals surface area contributed by atoms with Crippen LogP contribution in [-0.4, -0.2) is 36.0 Å². The van der Waals surface area contributed by atoms with Crippen molar-refractivity contribution in [1.29, 1.82) is 0 Å². The number of nitrogens with one attached hydrogen (secondary N) is 3. The molecule has 0 bridgehead atoms. The summed E-state index contributed by atoms with van der Waals surface area (Å²) in [7, 11) is 0. The second-order valence-corrected chi connectivity index (χ2v) is 8.59. The van der Waals surface area contributed by atoms with Crippen LogP contribution in [0, 0.1) is 0 Å². The van der Waals surface area contributed by atoms with Crippen LogP contribution in [0.1, 0.15) is 26.2 Å². The number of pyridine rings is 3. The van der Waals surface area contributed by atoms with Gasteiger partial charge < -0.3 is 14.7 Å². The van der Waals surface area contributed by atoms with Crippen LogP contribution in [-0.2, 0) is 4.79 Å². The minimum atomic E-state index is -0.0152. The lowest BCUT2D eigenvalue weighted by atomic mass is 10.1. The maximum absolute atomic E-state index is 12.2. The third-order valence-corrected chi connectivity index (χ3v) is 6.10. The van der Waals surface area contributed by atoms with Gasteiger partial charge in [-0.3, -0.25) is 14.9 Å². The number of H-pyrrole nitrogens is 2. The van der Waals surface area contributed by atoms with Crippen LogP contribution in [0.3, 0.4) is 0 Å². The average molecular weight is 478 g/mol. The summed E-state index contributed by atoms with van der Waals surface area (Å²) >= 11 is 0. The number of nitrogens with zero attached hydrogens (tertiary/aromatic N) is 4. The Morgan fingerprint density at radius 2 is 2.06 bits per heavy atom. The molecule has 0 spiro atoms. The minimum Gasteiger partial charge on any atom is -0.472 e. The van der Waals surface area contributed by atoms with E-state index < -0.39 is 0 Å². The molecule has 6 rings (SSSR count). The molecule has 6 aromatic heterocycles. The van der Waals surface area contributed by atoms with E-state index >= 15 is 0 Å². The van der Waals surface area contributed by atoms with E-state index in [4.69, 9.17) is 9.40 Å². The number of furan rings is 1. The summed E-state index contributed by atoms with van der Waals surface area (Å²) < 4.78 is 5.27. The standard InChI is InChI=1S/C27H23N7O2/c1-2-3-4-24(35)30-18-11-17(13-28-14-18)21-5-6-22-25(31-21)26(34-33-22)23-12-20-19(16-8-10-36-15-16)7-9-29-27(20)32-23/h5-15H,2-4H2,1H3,(H,29,32)(H,30,35)(H,33,34). The van der Waals surface area contributed by atoms with Gasteiger partial charge in [0.25, 0.3) is 0 Å². The summed E-state index contributed by atoms with van der Waals surface area (Å²) in [6.45, 7) is 2.06. The molecule has 0 aliphatic heterocycles. The van der Waals surface area contributed by atoms with Crippen molar-refractivity contribution in [1.82, 2.24) is 30.1 Å². The second kappa shape index (κ2) is 9.10. The molecule has 0 atom stereocenters. The highest BCUT2D eigenvalue weighted by molar-refractivity contribution is 5.99. The van der Waals surface area contributed by atoms with Gasteiger partial charge in [0.1, 0.15) is 16.9 Å². The smallest absolute Gasteiger partial charge is 0.224 e. The minimum absolute atomic E-state index is 0.0152. The molecule has 178 valence electrons. The Hall–Kier alpha value is -4.79. The molecular formula is C27H23N7O2. The largest absolute Gasteiger partial charge is 0.472 e. The molecule has 9 heteroatoms.